The van der Waals surface area contributed by atoms with Crippen LogP contribution in [0.3, 0.4) is 0 Å². The largest absolute Gasteiger partial charge is 0.459 e. The first-order valence-corrected chi connectivity index (χ1v) is 11.1. The average Bonchev–Trinajstić information content (AvgIpc) is 3.40. The van der Waals surface area contributed by atoms with E-state index in [1.165, 1.54) is 42.5 Å². The molecule has 0 aliphatic carbocycles. The van der Waals surface area contributed by atoms with Crippen LogP contribution >= 0.6 is 0 Å². The van der Waals surface area contributed by atoms with Gasteiger partial charge in [-0.05, 0) is 56.2 Å². The number of furan rings is 1. The second-order valence-electron chi connectivity index (χ2n) is 7.13. The van der Waals surface area contributed by atoms with Crippen LogP contribution in [-0.2, 0) is 19.6 Å². The third-order valence-corrected chi connectivity index (χ3v) is 6.36. The Labute approximate surface area is 175 Å². The number of amides is 2. The summed E-state index contributed by atoms with van der Waals surface area (Å²) in [6.45, 7) is 2.43. The highest BCUT2D eigenvalue weighted by Crippen LogP contribution is 2.22. The molecule has 0 saturated carbocycles. The van der Waals surface area contributed by atoms with Crippen LogP contribution in [0.2, 0.25) is 0 Å². The normalized spacial score (nSPS) is 17.7. The molecule has 2 heterocycles. The molecule has 0 radical (unpaired) electrons. The highest BCUT2D eigenvalue weighted by molar-refractivity contribution is 7.89. The van der Waals surface area contributed by atoms with Gasteiger partial charge in [0.25, 0.3) is 5.91 Å². The van der Waals surface area contributed by atoms with Crippen molar-refractivity contribution >= 4 is 27.5 Å². The number of ether oxygens (including phenoxy) is 1. The first-order chi connectivity index (χ1) is 14.3. The van der Waals surface area contributed by atoms with E-state index in [-0.39, 0.29) is 35.1 Å². The van der Waals surface area contributed by atoms with Crippen LogP contribution in [0.15, 0.2) is 52.0 Å². The molecule has 1 aliphatic rings. The summed E-state index contributed by atoms with van der Waals surface area (Å²) >= 11 is 0. The van der Waals surface area contributed by atoms with Crippen LogP contribution in [0.1, 0.15) is 30.3 Å². The van der Waals surface area contributed by atoms with E-state index in [0.717, 1.165) is 0 Å². The van der Waals surface area contributed by atoms with E-state index >= 15 is 0 Å². The number of benzene rings is 1. The molecule has 1 aliphatic heterocycles. The van der Waals surface area contributed by atoms with Crippen LogP contribution in [0.4, 0.5) is 5.69 Å². The van der Waals surface area contributed by atoms with E-state index in [4.69, 9.17) is 9.15 Å². The number of carbonyl (C=O) groups is 2. The van der Waals surface area contributed by atoms with E-state index in [1.54, 1.807) is 19.1 Å². The highest BCUT2D eigenvalue weighted by Gasteiger charge is 2.35. The molecule has 1 aromatic heterocycles. The zero-order valence-electron chi connectivity index (χ0n) is 16.8. The highest BCUT2D eigenvalue weighted by atomic mass is 32.2. The van der Waals surface area contributed by atoms with Crippen molar-refractivity contribution in [1.29, 1.82) is 0 Å². The van der Waals surface area contributed by atoms with Crippen LogP contribution < -0.4 is 10.0 Å². The topological polar surface area (TPSA) is 118 Å². The minimum atomic E-state index is -3.69. The third kappa shape index (κ3) is 5.07. The second-order valence-corrected chi connectivity index (χ2v) is 8.84. The SMILES string of the molecule is COCC(C)NS(=O)(=O)c1ccc(NC(=O)[C@@H]2CCCN2C(=O)c2ccco2)cc1. The first-order valence-electron chi connectivity index (χ1n) is 9.58. The quantitative estimate of drug-likeness (QED) is 0.653. The summed E-state index contributed by atoms with van der Waals surface area (Å²) in [5, 5.41) is 2.76. The number of anilines is 1. The van der Waals surface area contributed by atoms with Crippen LogP contribution in [0, 0.1) is 0 Å². The second kappa shape index (κ2) is 9.41. The van der Waals surface area contributed by atoms with Crippen molar-refractivity contribution in [1.82, 2.24) is 9.62 Å². The van der Waals surface area contributed by atoms with Gasteiger partial charge in [0.2, 0.25) is 15.9 Å². The van der Waals surface area contributed by atoms with Gasteiger partial charge in [-0.1, -0.05) is 0 Å². The maximum atomic E-state index is 12.7. The number of carbonyl (C=O) groups excluding carboxylic acids is 2. The molecule has 9 nitrogen and oxygen atoms in total. The summed E-state index contributed by atoms with van der Waals surface area (Å²) in [5.74, 6) is -0.454. The van der Waals surface area contributed by atoms with Gasteiger partial charge in [0, 0.05) is 25.4 Å². The number of rotatable bonds is 8. The molecule has 2 amide bonds. The van der Waals surface area contributed by atoms with Crippen molar-refractivity contribution in [3.05, 3.63) is 48.4 Å². The average molecular weight is 436 g/mol. The molecule has 2 aromatic rings. The van der Waals surface area contributed by atoms with Gasteiger partial charge in [-0.3, -0.25) is 9.59 Å². The smallest absolute Gasteiger partial charge is 0.290 e. The monoisotopic (exact) mass is 435 g/mol. The lowest BCUT2D eigenvalue weighted by atomic mass is 10.2. The summed E-state index contributed by atoms with van der Waals surface area (Å²) in [7, 11) is -2.20. The number of nitrogens with one attached hydrogen (secondary N) is 2. The summed E-state index contributed by atoms with van der Waals surface area (Å²) in [6.07, 6.45) is 2.68. The van der Waals surface area contributed by atoms with Crippen molar-refractivity contribution in [2.45, 2.75) is 36.7 Å². The molecular formula is C20H25N3O6S. The maximum absolute atomic E-state index is 12.7. The van der Waals surface area contributed by atoms with Gasteiger partial charge >= 0.3 is 0 Å². The Kier molecular flexibility index (Phi) is 6.91. The Hall–Kier alpha value is -2.69. The predicted octanol–water partition coefficient (Wildman–Crippen LogP) is 1.84. The molecule has 2 atom stereocenters. The molecule has 1 aromatic carbocycles. The van der Waals surface area contributed by atoms with Crippen LogP contribution in [-0.4, -0.2) is 57.5 Å². The maximum Gasteiger partial charge on any atom is 0.290 e. The zero-order chi connectivity index (χ0) is 21.7. The Morgan fingerprint density at radius 3 is 2.63 bits per heavy atom. The molecule has 1 unspecified atom stereocenters. The van der Waals surface area contributed by atoms with Gasteiger partial charge < -0.3 is 19.4 Å². The van der Waals surface area contributed by atoms with Gasteiger partial charge in [0.1, 0.15) is 6.04 Å². The lowest BCUT2D eigenvalue weighted by molar-refractivity contribution is -0.119. The van der Waals surface area contributed by atoms with Crippen molar-refractivity contribution in [3.63, 3.8) is 0 Å². The zero-order valence-corrected chi connectivity index (χ0v) is 17.6. The van der Waals surface area contributed by atoms with Crippen molar-refractivity contribution in [2.75, 3.05) is 25.6 Å². The molecule has 1 fully saturated rings. The number of methoxy groups -OCH3 is 1. The van der Waals surface area contributed by atoms with Crippen molar-refractivity contribution < 1.29 is 27.2 Å². The molecule has 10 heteroatoms. The summed E-state index contributed by atoms with van der Waals surface area (Å²) in [5.41, 5.74) is 0.446. The van der Waals surface area contributed by atoms with E-state index in [9.17, 15) is 18.0 Å². The fraction of sp³-hybridized carbons (Fsp3) is 0.400. The van der Waals surface area contributed by atoms with Gasteiger partial charge in [0.15, 0.2) is 5.76 Å². The minimum absolute atomic E-state index is 0.0824. The Morgan fingerprint density at radius 1 is 1.27 bits per heavy atom. The Bertz CT molecular complexity index is 972. The first kappa shape index (κ1) is 22.0. The molecule has 0 spiro atoms. The molecule has 162 valence electrons. The Balaban J connectivity index is 1.65. The number of nitrogens with zero attached hydrogens (tertiary/aromatic N) is 1. The van der Waals surface area contributed by atoms with Crippen LogP contribution in [0.5, 0.6) is 0 Å². The van der Waals surface area contributed by atoms with Crippen molar-refractivity contribution in [3.8, 4) is 0 Å². The standard InChI is InChI=1S/C20H25N3O6S/c1-14(13-28-2)22-30(26,27)16-9-7-15(8-10-16)21-19(24)17-5-3-11-23(17)20(25)18-6-4-12-29-18/h4,6-10,12,14,17,22H,3,5,11,13H2,1-2H3,(H,21,24)/t14?,17-/m0/s1. The van der Waals surface area contributed by atoms with Gasteiger partial charge in [0.05, 0.1) is 17.8 Å². The fourth-order valence-electron chi connectivity index (χ4n) is 3.38. The van der Waals surface area contributed by atoms with Gasteiger partial charge in [-0.2, -0.15) is 0 Å². The van der Waals surface area contributed by atoms with Gasteiger partial charge in [-0.15, -0.1) is 0 Å². The lowest BCUT2D eigenvalue weighted by Crippen LogP contribution is -2.43. The minimum Gasteiger partial charge on any atom is -0.459 e. The molecular weight excluding hydrogens is 410 g/mol. The van der Waals surface area contributed by atoms with E-state index in [1.807, 2.05) is 0 Å². The molecule has 0 bridgehead atoms. The number of likely N-dealkylation sites (tertiary alicyclic amines) is 1. The third-order valence-electron chi connectivity index (χ3n) is 4.75. The number of sulfonamides is 1. The summed E-state index contributed by atoms with van der Waals surface area (Å²) in [4.78, 5) is 26.8. The lowest BCUT2D eigenvalue weighted by Gasteiger charge is -2.23. The molecule has 1 saturated heterocycles. The predicted molar refractivity (Wildman–Crippen MR) is 109 cm³/mol. The van der Waals surface area contributed by atoms with Crippen molar-refractivity contribution in [2.24, 2.45) is 0 Å². The van der Waals surface area contributed by atoms with E-state index in [0.29, 0.717) is 25.1 Å². The Morgan fingerprint density at radius 2 is 2.00 bits per heavy atom. The number of hydrogen-bond donors (Lipinski definition) is 2. The van der Waals surface area contributed by atoms with E-state index < -0.39 is 16.1 Å². The fourth-order valence-corrected chi connectivity index (χ4v) is 4.61. The van der Waals surface area contributed by atoms with E-state index in [2.05, 4.69) is 10.0 Å². The summed E-state index contributed by atoms with van der Waals surface area (Å²) in [6, 6.07) is 8.06. The van der Waals surface area contributed by atoms with Crippen LogP contribution in [0.25, 0.3) is 0 Å². The molecule has 3 rings (SSSR count). The number of hydrogen-bond acceptors (Lipinski definition) is 6. The van der Waals surface area contributed by atoms with Gasteiger partial charge in [-0.25, -0.2) is 13.1 Å². The molecule has 2 N–H and O–H groups in total. The summed E-state index contributed by atoms with van der Waals surface area (Å²) < 4.78 is 37.4. The molecule has 30 heavy (non-hydrogen) atoms.